The predicted molar refractivity (Wildman–Crippen MR) is 87.4 cm³/mol. The monoisotopic (exact) mass is 319 g/mol. The Hall–Kier alpha value is -1.50. The van der Waals surface area contributed by atoms with Gasteiger partial charge in [-0.05, 0) is 39.1 Å². The quantitative estimate of drug-likeness (QED) is 0.848. The molecule has 0 atom stereocenters. The van der Waals surface area contributed by atoms with Crippen LogP contribution in [0.2, 0.25) is 0 Å². The molecule has 0 unspecified atom stereocenters. The van der Waals surface area contributed by atoms with E-state index in [-0.39, 0.29) is 0 Å². The Morgan fingerprint density at radius 2 is 1.86 bits per heavy atom. The second-order valence-electron chi connectivity index (χ2n) is 5.84. The summed E-state index contributed by atoms with van der Waals surface area (Å²) in [5.41, 5.74) is 1.39. The molecule has 1 aliphatic heterocycles. The van der Waals surface area contributed by atoms with E-state index in [1.165, 1.54) is 0 Å². The Labute approximate surface area is 131 Å². The van der Waals surface area contributed by atoms with Crippen LogP contribution in [0.3, 0.4) is 0 Å². The summed E-state index contributed by atoms with van der Waals surface area (Å²) in [5, 5.41) is 0.860. The number of hydrogen-bond acceptors (Lipinski definition) is 4. The molecule has 118 valence electrons. The molecule has 2 heterocycles. The Kier molecular flexibility index (Phi) is 4.16. The highest BCUT2D eigenvalue weighted by Gasteiger charge is 2.28. The van der Waals surface area contributed by atoms with Gasteiger partial charge in [-0.25, -0.2) is 8.42 Å². The van der Waals surface area contributed by atoms with Crippen molar-refractivity contribution in [3.8, 4) is 0 Å². The van der Waals surface area contributed by atoms with Gasteiger partial charge in [0.1, 0.15) is 4.90 Å². The van der Waals surface area contributed by atoms with Crippen LogP contribution in [0.15, 0.2) is 35.2 Å². The number of benzene rings is 1. The number of hydrogen-bond donors (Lipinski definition) is 0. The first-order valence-electron chi connectivity index (χ1n) is 7.53. The van der Waals surface area contributed by atoms with Crippen LogP contribution in [0.25, 0.3) is 10.9 Å². The fourth-order valence-corrected chi connectivity index (χ4v) is 4.46. The van der Waals surface area contributed by atoms with Crippen molar-refractivity contribution in [2.45, 2.75) is 18.2 Å². The molecule has 3 rings (SSSR count). The van der Waals surface area contributed by atoms with Crippen LogP contribution in [-0.4, -0.2) is 55.8 Å². The minimum Gasteiger partial charge on any atom is -0.305 e. The van der Waals surface area contributed by atoms with E-state index < -0.39 is 10.0 Å². The highest BCUT2D eigenvalue weighted by atomic mass is 32.2. The summed E-state index contributed by atoms with van der Waals surface area (Å²) >= 11 is 0. The standard InChI is InChI=1S/C16H21N3O2S/c1-13-7-8-14-5-3-6-15(16(14)17-13)22(20,21)19-10-4-9-18(2)11-12-19/h3,5-8H,4,9-12H2,1-2H3. The molecule has 0 aliphatic carbocycles. The molecular formula is C16H21N3O2S. The number of likely N-dealkylation sites (N-methyl/N-ethyl adjacent to an activating group) is 1. The minimum atomic E-state index is -3.51. The Balaban J connectivity index is 2.07. The summed E-state index contributed by atoms with van der Waals surface area (Å²) in [6.07, 6.45) is 0.854. The molecule has 0 bridgehead atoms. The van der Waals surface area contributed by atoms with Gasteiger partial charge >= 0.3 is 0 Å². The molecule has 0 spiro atoms. The summed E-state index contributed by atoms with van der Waals surface area (Å²) in [5.74, 6) is 0. The van der Waals surface area contributed by atoms with Crippen molar-refractivity contribution >= 4 is 20.9 Å². The molecule has 1 aromatic carbocycles. The van der Waals surface area contributed by atoms with Gasteiger partial charge in [0.25, 0.3) is 0 Å². The molecule has 0 saturated carbocycles. The van der Waals surface area contributed by atoms with Crippen LogP contribution in [0.4, 0.5) is 0 Å². The average molecular weight is 319 g/mol. The van der Waals surface area contributed by atoms with Crippen molar-refractivity contribution in [1.82, 2.24) is 14.2 Å². The first-order valence-corrected chi connectivity index (χ1v) is 8.97. The first kappa shape index (κ1) is 15.4. The minimum absolute atomic E-state index is 0.318. The van der Waals surface area contributed by atoms with Crippen LogP contribution in [0.1, 0.15) is 12.1 Å². The maximum atomic E-state index is 13.0. The average Bonchev–Trinajstić information content (AvgIpc) is 2.71. The summed E-state index contributed by atoms with van der Waals surface area (Å²) in [6.45, 7) is 4.66. The van der Waals surface area contributed by atoms with E-state index in [1.54, 1.807) is 16.4 Å². The van der Waals surface area contributed by atoms with Crippen molar-refractivity contribution in [1.29, 1.82) is 0 Å². The number of nitrogens with zero attached hydrogens (tertiary/aromatic N) is 3. The van der Waals surface area contributed by atoms with E-state index in [9.17, 15) is 8.42 Å². The SMILES string of the molecule is Cc1ccc2cccc(S(=O)(=O)N3CCCN(C)CC3)c2n1. The second-order valence-corrected chi connectivity index (χ2v) is 7.75. The number of rotatable bonds is 2. The molecule has 0 N–H and O–H groups in total. The van der Waals surface area contributed by atoms with E-state index in [0.29, 0.717) is 23.5 Å². The largest absolute Gasteiger partial charge is 0.305 e. The third-order valence-electron chi connectivity index (χ3n) is 4.12. The van der Waals surface area contributed by atoms with Crippen LogP contribution >= 0.6 is 0 Å². The van der Waals surface area contributed by atoms with Crippen molar-refractivity contribution < 1.29 is 8.42 Å². The smallest absolute Gasteiger partial charge is 0.245 e. The Morgan fingerprint density at radius 1 is 1.05 bits per heavy atom. The van der Waals surface area contributed by atoms with E-state index in [4.69, 9.17) is 0 Å². The zero-order chi connectivity index (χ0) is 15.7. The molecular weight excluding hydrogens is 298 g/mol. The first-order chi connectivity index (χ1) is 10.5. The predicted octanol–water partition coefficient (Wildman–Crippen LogP) is 1.87. The van der Waals surface area contributed by atoms with E-state index >= 15 is 0 Å². The van der Waals surface area contributed by atoms with Crippen molar-refractivity contribution in [3.05, 3.63) is 36.0 Å². The zero-order valence-electron chi connectivity index (χ0n) is 13.0. The molecule has 1 saturated heterocycles. The molecule has 1 aromatic heterocycles. The lowest BCUT2D eigenvalue weighted by molar-refractivity contribution is 0.347. The molecule has 1 fully saturated rings. The lowest BCUT2D eigenvalue weighted by atomic mass is 10.2. The normalized spacial score (nSPS) is 18.5. The van der Waals surface area contributed by atoms with Crippen molar-refractivity contribution in [2.75, 3.05) is 33.2 Å². The Bertz CT molecular complexity index is 789. The fourth-order valence-electron chi connectivity index (χ4n) is 2.83. The van der Waals surface area contributed by atoms with Crippen LogP contribution in [-0.2, 0) is 10.0 Å². The van der Waals surface area contributed by atoms with Gasteiger partial charge in [-0.1, -0.05) is 18.2 Å². The molecule has 2 aromatic rings. The summed E-state index contributed by atoms with van der Waals surface area (Å²) < 4.78 is 27.7. The maximum Gasteiger partial charge on any atom is 0.245 e. The van der Waals surface area contributed by atoms with Gasteiger partial charge in [0, 0.05) is 30.7 Å². The maximum absolute atomic E-state index is 13.0. The van der Waals surface area contributed by atoms with Gasteiger partial charge in [-0.15, -0.1) is 0 Å². The van der Waals surface area contributed by atoms with E-state index in [2.05, 4.69) is 9.88 Å². The van der Waals surface area contributed by atoms with E-state index in [1.807, 2.05) is 32.2 Å². The third-order valence-corrected chi connectivity index (χ3v) is 6.05. The van der Waals surface area contributed by atoms with Crippen LogP contribution in [0.5, 0.6) is 0 Å². The van der Waals surface area contributed by atoms with Gasteiger partial charge in [-0.2, -0.15) is 4.31 Å². The number of pyridine rings is 1. The topological polar surface area (TPSA) is 53.5 Å². The highest BCUT2D eigenvalue weighted by molar-refractivity contribution is 7.89. The molecule has 0 amide bonds. The highest BCUT2D eigenvalue weighted by Crippen LogP contribution is 2.25. The van der Waals surface area contributed by atoms with Crippen molar-refractivity contribution in [3.63, 3.8) is 0 Å². The van der Waals surface area contributed by atoms with Crippen LogP contribution in [0, 0.1) is 6.92 Å². The molecule has 0 radical (unpaired) electrons. The lowest BCUT2D eigenvalue weighted by Crippen LogP contribution is -2.34. The molecule has 1 aliphatic rings. The van der Waals surface area contributed by atoms with Crippen LogP contribution < -0.4 is 0 Å². The number of para-hydroxylation sites is 1. The van der Waals surface area contributed by atoms with Crippen molar-refractivity contribution in [2.24, 2.45) is 0 Å². The third kappa shape index (κ3) is 2.86. The summed E-state index contributed by atoms with van der Waals surface area (Å²) in [7, 11) is -1.48. The van der Waals surface area contributed by atoms with Gasteiger partial charge in [0.05, 0.1) is 5.52 Å². The van der Waals surface area contributed by atoms with E-state index in [0.717, 1.165) is 30.6 Å². The summed E-state index contributed by atoms with van der Waals surface area (Å²) in [4.78, 5) is 6.94. The second kappa shape index (κ2) is 5.95. The number of aryl methyl sites for hydroxylation is 1. The lowest BCUT2D eigenvalue weighted by Gasteiger charge is -2.21. The van der Waals surface area contributed by atoms with Gasteiger partial charge < -0.3 is 4.90 Å². The Morgan fingerprint density at radius 3 is 2.68 bits per heavy atom. The number of sulfonamides is 1. The molecule has 6 heteroatoms. The molecule has 5 nitrogen and oxygen atoms in total. The fraction of sp³-hybridized carbons (Fsp3) is 0.438. The molecule has 22 heavy (non-hydrogen) atoms. The number of fused-ring (bicyclic) bond motifs is 1. The van der Waals surface area contributed by atoms with Gasteiger partial charge in [0.15, 0.2) is 0 Å². The zero-order valence-corrected chi connectivity index (χ0v) is 13.8. The van der Waals surface area contributed by atoms with Gasteiger partial charge in [0.2, 0.25) is 10.0 Å². The van der Waals surface area contributed by atoms with Gasteiger partial charge in [-0.3, -0.25) is 4.98 Å². The summed E-state index contributed by atoms with van der Waals surface area (Å²) in [6, 6.07) is 9.18. The number of aromatic nitrogens is 1.